The number of hydrogen-bond donors (Lipinski definition) is 0. The van der Waals surface area contributed by atoms with E-state index in [0.29, 0.717) is 0 Å². The molecule has 0 amide bonds. The molecule has 6 aromatic heterocycles. The summed E-state index contributed by atoms with van der Waals surface area (Å²) in [5.41, 5.74) is 16.7. The fourth-order valence-corrected chi connectivity index (χ4v) is 10.6. The van der Waals surface area contributed by atoms with Gasteiger partial charge in [0, 0.05) is 67.6 Å². The molecule has 12 aromatic rings. The molecule has 70 heavy (non-hydrogen) atoms. The Morgan fingerprint density at radius 2 is 0.786 bits per heavy atom. The van der Waals surface area contributed by atoms with E-state index >= 15 is 0 Å². The minimum absolute atomic E-state index is 0. The van der Waals surface area contributed by atoms with Crippen molar-refractivity contribution in [3.05, 3.63) is 252 Å². The molecule has 2 aliphatic carbocycles. The second-order valence-electron chi connectivity index (χ2n) is 16.8. The van der Waals surface area contributed by atoms with E-state index in [1.807, 2.05) is 56.6 Å². The van der Waals surface area contributed by atoms with Gasteiger partial charge in [-0.2, -0.15) is 70.9 Å². The van der Waals surface area contributed by atoms with Gasteiger partial charge >= 0.3 is 0 Å². The largest absolute Gasteiger partial charge is 0.581 e. The Bertz CT molecular complexity index is 3530. The van der Waals surface area contributed by atoms with Crippen LogP contribution in [0.25, 0.3) is 56.2 Å². The summed E-state index contributed by atoms with van der Waals surface area (Å²) in [7, 11) is 3.84. The molecule has 0 atom stereocenters. The summed E-state index contributed by atoms with van der Waals surface area (Å²) in [6.07, 6.45) is 16.9. The quantitative estimate of drug-likeness (QED) is 0.128. The number of imidazole rings is 2. The first-order chi connectivity index (χ1) is 33.6. The van der Waals surface area contributed by atoms with Crippen LogP contribution in [-0.2, 0) is 67.1 Å². The zero-order valence-corrected chi connectivity index (χ0v) is 41.9. The molecule has 344 valence electrons. The summed E-state index contributed by atoms with van der Waals surface area (Å²) < 4.78 is 7.51. The molecule has 0 saturated carbocycles. The van der Waals surface area contributed by atoms with E-state index in [9.17, 15) is 0 Å². The Kier molecular flexibility index (Phi) is 11.3. The summed E-state index contributed by atoms with van der Waals surface area (Å²) in [4.78, 5) is 18.0. The number of fused-ring (bicyclic) bond motifs is 8. The van der Waals surface area contributed by atoms with Crippen LogP contribution in [0.3, 0.4) is 0 Å². The van der Waals surface area contributed by atoms with Gasteiger partial charge in [-0.15, -0.1) is 11.1 Å². The minimum atomic E-state index is -0.628. The average Bonchev–Trinajstić information content (AvgIpc) is 4.28. The molecule has 12 nitrogen and oxygen atoms in total. The molecule has 0 aliphatic heterocycles. The van der Waals surface area contributed by atoms with Crippen molar-refractivity contribution < 1.29 is 51.3 Å². The van der Waals surface area contributed by atoms with E-state index in [-0.39, 0.29) is 42.1 Å². The second kappa shape index (κ2) is 17.6. The first-order valence-corrected chi connectivity index (χ1v) is 22.1. The molecule has 0 bridgehead atoms. The van der Waals surface area contributed by atoms with Gasteiger partial charge in [0.25, 0.3) is 0 Å². The van der Waals surface area contributed by atoms with Crippen molar-refractivity contribution in [3.8, 4) is 33.6 Å². The third-order valence-electron chi connectivity index (χ3n) is 13.3. The van der Waals surface area contributed by atoms with E-state index in [2.05, 4.69) is 186 Å². The molecule has 14 heteroatoms. The van der Waals surface area contributed by atoms with Crippen molar-refractivity contribution in [3.63, 3.8) is 0 Å². The molecule has 0 unspecified atom stereocenters. The standard InChI is InChI=1S/2C28H18N6.2Pt/c2*1-33-18-34(27-26(33)29-15-16-30-27)20-8-6-7-19(17-20)28(25-13-14-31-32-25)23-11-4-2-9-21(23)22-10-3-5-12-24(22)28;;/h2*2-16H,1H3;;/q2*-2;;. The summed E-state index contributed by atoms with van der Waals surface area (Å²) in [5, 5.41) is 17.6. The molecule has 6 heterocycles. The molecule has 6 aromatic carbocycles. The van der Waals surface area contributed by atoms with Crippen molar-refractivity contribution in [2.45, 2.75) is 10.8 Å². The predicted molar refractivity (Wildman–Crippen MR) is 252 cm³/mol. The normalized spacial score (nSPS) is 13.3. The van der Waals surface area contributed by atoms with Crippen LogP contribution in [-0.4, -0.2) is 39.3 Å². The van der Waals surface area contributed by atoms with Gasteiger partial charge in [-0.1, -0.05) is 121 Å². The Hall–Kier alpha value is -7.78. The van der Waals surface area contributed by atoms with Crippen molar-refractivity contribution in [2.24, 2.45) is 14.1 Å². The van der Waals surface area contributed by atoms with Crippen molar-refractivity contribution in [2.75, 3.05) is 0 Å². The fraction of sp³-hybridized carbons (Fsp3) is 0.0714. The molecule has 0 saturated heterocycles. The fourth-order valence-electron chi connectivity index (χ4n) is 10.6. The van der Waals surface area contributed by atoms with Gasteiger partial charge < -0.3 is 38.7 Å². The van der Waals surface area contributed by atoms with Gasteiger partial charge in [0.05, 0.1) is 23.2 Å². The Balaban J connectivity index is 0.000000148. The van der Waals surface area contributed by atoms with Crippen molar-refractivity contribution in [1.29, 1.82) is 0 Å². The zero-order chi connectivity index (χ0) is 45.4. The molecule has 0 N–H and O–H groups in total. The number of aryl methyl sites for hydroxylation is 2. The molecule has 14 rings (SSSR count). The summed E-state index contributed by atoms with van der Waals surface area (Å²) >= 11 is 0. The van der Waals surface area contributed by atoms with Gasteiger partial charge in [-0.05, 0) is 44.5 Å². The summed E-state index contributed by atoms with van der Waals surface area (Å²) in [6.45, 7) is 0. The number of rotatable bonds is 6. The van der Waals surface area contributed by atoms with Crippen molar-refractivity contribution >= 4 is 22.6 Å². The third-order valence-corrected chi connectivity index (χ3v) is 13.3. The monoisotopic (exact) mass is 1270 g/mol. The third kappa shape index (κ3) is 6.50. The van der Waals surface area contributed by atoms with Gasteiger partial charge in [0.1, 0.15) is 23.7 Å². The van der Waals surface area contributed by atoms with Crippen LogP contribution in [0.5, 0.6) is 0 Å². The molecule has 0 fully saturated rings. The van der Waals surface area contributed by atoms with Crippen LogP contribution in [0, 0.1) is 24.8 Å². The Labute approximate surface area is 431 Å². The Morgan fingerprint density at radius 1 is 0.429 bits per heavy atom. The number of nitrogens with zero attached hydrogens (tertiary/aromatic N) is 12. The van der Waals surface area contributed by atoms with Crippen LogP contribution in [0.4, 0.5) is 0 Å². The summed E-state index contributed by atoms with van der Waals surface area (Å²) in [5.74, 6) is 0. The van der Waals surface area contributed by atoms with Crippen LogP contribution in [0.15, 0.2) is 183 Å². The van der Waals surface area contributed by atoms with E-state index in [1.165, 1.54) is 44.5 Å². The maximum atomic E-state index is 4.59. The first-order valence-electron chi connectivity index (χ1n) is 22.1. The molecule has 0 spiro atoms. The molecule has 2 aliphatic rings. The number of aromatic nitrogens is 12. The van der Waals surface area contributed by atoms with Crippen LogP contribution in [0.1, 0.15) is 44.8 Å². The van der Waals surface area contributed by atoms with Gasteiger partial charge in [0.2, 0.25) is 11.3 Å². The number of hydrogen-bond acceptors (Lipinski definition) is 6. The van der Waals surface area contributed by atoms with Crippen LogP contribution < -0.4 is 19.3 Å². The average molecular weight is 1270 g/mol. The molecular formula is C56H36N12Pt2-4. The predicted octanol–water partition coefficient (Wildman–Crippen LogP) is 7.12. The Morgan fingerprint density at radius 3 is 1.14 bits per heavy atom. The van der Waals surface area contributed by atoms with E-state index in [4.69, 9.17) is 0 Å². The SMILES string of the molecule is C[n+]1[c-]n(-c2[c-]c(C3(c4cc[n-]n4)c4ccccc4-c4ccccc43)ccc2)c2nccnc21.C[n+]1[c-]n(-c2[c-]c(C3(c4cc[n-]n4)c4ccccc4-c4ccccc43)ccc2)c2nccnc21.[Pt].[Pt]. The number of benzene rings is 6. The van der Waals surface area contributed by atoms with Crippen molar-refractivity contribution in [1.82, 2.24) is 49.5 Å². The maximum absolute atomic E-state index is 4.59. The van der Waals surface area contributed by atoms with Crippen LogP contribution in [0.2, 0.25) is 0 Å². The van der Waals surface area contributed by atoms with E-state index in [1.54, 1.807) is 37.2 Å². The topological polar surface area (TPSA) is 123 Å². The zero-order valence-electron chi connectivity index (χ0n) is 37.3. The van der Waals surface area contributed by atoms with Crippen LogP contribution >= 0.6 is 0 Å². The minimum Gasteiger partial charge on any atom is -0.581 e. The van der Waals surface area contributed by atoms with E-state index in [0.717, 1.165) is 56.5 Å². The van der Waals surface area contributed by atoms with Gasteiger partial charge in [-0.3, -0.25) is 9.97 Å². The van der Waals surface area contributed by atoms with E-state index < -0.39 is 10.8 Å². The van der Waals surface area contributed by atoms with Gasteiger partial charge in [0.15, 0.2) is 12.7 Å². The molecule has 0 radical (unpaired) electrons. The maximum Gasteiger partial charge on any atom is 0.205 e. The first kappa shape index (κ1) is 44.7. The smallest absolute Gasteiger partial charge is 0.205 e. The molecular weight excluding hydrogens is 1230 g/mol. The van der Waals surface area contributed by atoms with Gasteiger partial charge in [-0.25, -0.2) is 0 Å². The second-order valence-corrected chi connectivity index (χ2v) is 16.8. The summed E-state index contributed by atoms with van der Waals surface area (Å²) in [6, 6.07) is 57.9.